The highest BCUT2D eigenvalue weighted by atomic mass is 16.5. The summed E-state index contributed by atoms with van der Waals surface area (Å²) in [6.07, 6.45) is 5.48. The zero-order chi connectivity index (χ0) is 17.8. The normalized spacial score (nSPS) is 15.1. The first-order chi connectivity index (χ1) is 12.8. The topological polar surface area (TPSA) is 80.6 Å². The maximum atomic E-state index is 12.6. The molecule has 2 aromatic heterocycles. The highest BCUT2D eigenvalue weighted by molar-refractivity contribution is 6.08. The molecule has 26 heavy (non-hydrogen) atoms. The largest absolute Gasteiger partial charge is 0.381 e. The predicted octanol–water partition coefficient (Wildman–Crippen LogP) is 2.82. The average molecular weight is 351 g/mol. The molecule has 134 valence electrons. The Bertz CT molecular complexity index is 887. The number of hydrogen-bond acceptors (Lipinski definition) is 5. The fourth-order valence-corrected chi connectivity index (χ4v) is 3.05. The highest BCUT2D eigenvalue weighted by Crippen LogP contribution is 2.17. The van der Waals surface area contributed by atoms with Crippen molar-refractivity contribution < 1.29 is 9.53 Å². The summed E-state index contributed by atoms with van der Waals surface area (Å²) >= 11 is 0. The fourth-order valence-electron chi connectivity index (χ4n) is 3.05. The molecule has 3 aromatic rings. The number of benzene rings is 1. The smallest absolute Gasteiger partial charge is 0.261 e. The summed E-state index contributed by atoms with van der Waals surface area (Å²) in [6.45, 7) is 2.50. The number of fused-ring (bicyclic) bond motifs is 1. The number of carbonyl (C=O) groups excluding carboxylic acids is 1. The number of hydrogen-bond donors (Lipinski definition) is 2. The molecule has 0 atom stereocenters. The van der Waals surface area contributed by atoms with Crippen molar-refractivity contribution in [1.82, 2.24) is 14.6 Å². The molecule has 7 nitrogen and oxygen atoms in total. The van der Waals surface area contributed by atoms with E-state index in [0.717, 1.165) is 44.1 Å². The van der Waals surface area contributed by atoms with Gasteiger partial charge in [0, 0.05) is 31.6 Å². The SMILES string of the molecule is O=C(Nc1ccccc1)c1cnn2ccc(NCC3CCOCC3)nc12. The first-order valence-corrected chi connectivity index (χ1v) is 8.82. The molecule has 0 bridgehead atoms. The van der Waals surface area contributed by atoms with Gasteiger partial charge in [-0.25, -0.2) is 9.50 Å². The van der Waals surface area contributed by atoms with Crippen LogP contribution >= 0.6 is 0 Å². The van der Waals surface area contributed by atoms with E-state index in [1.54, 1.807) is 10.7 Å². The van der Waals surface area contributed by atoms with Crippen LogP contribution in [0.15, 0.2) is 48.8 Å². The molecule has 1 aliphatic heterocycles. The standard InChI is InChI=1S/C19H21N5O2/c25-19(22-15-4-2-1-3-5-15)16-13-21-24-9-6-17(23-18(16)24)20-12-14-7-10-26-11-8-14/h1-6,9,13-14H,7-8,10-12H2,(H,20,23)(H,22,25). The number of nitrogens with zero attached hydrogens (tertiary/aromatic N) is 3. The van der Waals surface area contributed by atoms with E-state index >= 15 is 0 Å². The zero-order valence-electron chi connectivity index (χ0n) is 14.4. The molecule has 2 N–H and O–H groups in total. The van der Waals surface area contributed by atoms with Crippen molar-refractivity contribution >= 4 is 23.1 Å². The van der Waals surface area contributed by atoms with Crippen LogP contribution < -0.4 is 10.6 Å². The van der Waals surface area contributed by atoms with Gasteiger partial charge in [0.25, 0.3) is 5.91 Å². The molecule has 0 spiro atoms. The second-order valence-corrected chi connectivity index (χ2v) is 6.40. The molecule has 4 rings (SSSR count). The van der Waals surface area contributed by atoms with Gasteiger partial charge in [0.05, 0.1) is 6.20 Å². The molecule has 1 amide bonds. The van der Waals surface area contributed by atoms with E-state index in [2.05, 4.69) is 20.7 Å². The minimum absolute atomic E-state index is 0.222. The van der Waals surface area contributed by atoms with Gasteiger partial charge in [-0.15, -0.1) is 0 Å². The van der Waals surface area contributed by atoms with Gasteiger partial charge in [-0.1, -0.05) is 18.2 Å². The van der Waals surface area contributed by atoms with E-state index in [1.807, 2.05) is 42.6 Å². The Morgan fingerprint density at radius 3 is 2.81 bits per heavy atom. The maximum absolute atomic E-state index is 12.6. The lowest BCUT2D eigenvalue weighted by Gasteiger charge is -2.22. The lowest BCUT2D eigenvalue weighted by atomic mass is 10.0. The molecule has 0 unspecified atom stereocenters. The number of aromatic nitrogens is 3. The number of amides is 1. The van der Waals surface area contributed by atoms with Gasteiger partial charge in [-0.05, 0) is 37.0 Å². The third-order valence-electron chi connectivity index (χ3n) is 4.56. The Morgan fingerprint density at radius 1 is 1.19 bits per heavy atom. The highest BCUT2D eigenvalue weighted by Gasteiger charge is 2.16. The Morgan fingerprint density at radius 2 is 2.00 bits per heavy atom. The fraction of sp³-hybridized carbons (Fsp3) is 0.316. The first-order valence-electron chi connectivity index (χ1n) is 8.82. The minimum atomic E-state index is -0.222. The summed E-state index contributed by atoms with van der Waals surface area (Å²) in [7, 11) is 0. The molecule has 1 aromatic carbocycles. The Hall–Kier alpha value is -2.93. The van der Waals surface area contributed by atoms with Crippen LogP contribution in [0.25, 0.3) is 5.65 Å². The lowest BCUT2D eigenvalue weighted by molar-refractivity contribution is 0.0699. The van der Waals surface area contributed by atoms with E-state index in [0.29, 0.717) is 17.1 Å². The van der Waals surface area contributed by atoms with Crippen molar-refractivity contribution in [2.24, 2.45) is 5.92 Å². The summed E-state index contributed by atoms with van der Waals surface area (Å²) < 4.78 is 7.00. The minimum Gasteiger partial charge on any atom is -0.381 e. The third kappa shape index (κ3) is 3.67. The van der Waals surface area contributed by atoms with Crippen molar-refractivity contribution in [3.63, 3.8) is 0 Å². The quantitative estimate of drug-likeness (QED) is 0.739. The molecule has 1 aliphatic rings. The van der Waals surface area contributed by atoms with Crippen LogP contribution in [0.1, 0.15) is 23.2 Å². The Balaban J connectivity index is 1.49. The van der Waals surface area contributed by atoms with Crippen molar-refractivity contribution in [2.45, 2.75) is 12.8 Å². The lowest BCUT2D eigenvalue weighted by Crippen LogP contribution is -2.23. The van der Waals surface area contributed by atoms with Crippen LogP contribution in [0.5, 0.6) is 0 Å². The molecule has 1 saturated heterocycles. The number of carbonyl (C=O) groups is 1. The van der Waals surface area contributed by atoms with Crippen molar-refractivity contribution in [1.29, 1.82) is 0 Å². The van der Waals surface area contributed by atoms with E-state index in [4.69, 9.17) is 4.74 Å². The summed E-state index contributed by atoms with van der Waals surface area (Å²) in [5.74, 6) is 1.12. The monoisotopic (exact) mass is 351 g/mol. The Labute approximate surface area is 151 Å². The predicted molar refractivity (Wildman–Crippen MR) is 99.4 cm³/mol. The summed E-state index contributed by atoms with van der Waals surface area (Å²) in [6, 6.07) is 11.2. The zero-order valence-corrected chi connectivity index (χ0v) is 14.4. The molecule has 0 saturated carbocycles. The van der Waals surface area contributed by atoms with E-state index in [-0.39, 0.29) is 5.91 Å². The molecule has 3 heterocycles. The van der Waals surface area contributed by atoms with Gasteiger partial charge in [-0.3, -0.25) is 4.79 Å². The van der Waals surface area contributed by atoms with Crippen molar-refractivity contribution in [3.8, 4) is 0 Å². The van der Waals surface area contributed by atoms with Gasteiger partial charge < -0.3 is 15.4 Å². The van der Waals surface area contributed by atoms with Crippen molar-refractivity contribution in [3.05, 3.63) is 54.4 Å². The summed E-state index contributed by atoms with van der Waals surface area (Å²) in [4.78, 5) is 17.1. The van der Waals surface area contributed by atoms with Gasteiger partial charge in [-0.2, -0.15) is 5.10 Å². The van der Waals surface area contributed by atoms with E-state index in [1.165, 1.54) is 0 Å². The molecule has 0 radical (unpaired) electrons. The van der Waals surface area contributed by atoms with Gasteiger partial charge in [0.1, 0.15) is 11.4 Å². The summed E-state index contributed by atoms with van der Waals surface area (Å²) in [5, 5.41) is 10.5. The van der Waals surface area contributed by atoms with Gasteiger partial charge >= 0.3 is 0 Å². The van der Waals surface area contributed by atoms with E-state index < -0.39 is 0 Å². The van der Waals surface area contributed by atoms with Crippen molar-refractivity contribution in [2.75, 3.05) is 30.4 Å². The molecule has 0 aliphatic carbocycles. The molecule has 7 heteroatoms. The third-order valence-corrected chi connectivity index (χ3v) is 4.56. The molecular weight excluding hydrogens is 330 g/mol. The molecule has 1 fully saturated rings. The molecular formula is C19H21N5O2. The van der Waals surface area contributed by atoms with Crippen LogP contribution in [-0.4, -0.2) is 40.3 Å². The number of nitrogens with one attached hydrogen (secondary N) is 2. The summed E-state index contributed by atoms with van der Waals surface area (Å²) in [5.41, 5.74) is 1.73. The maximum Gasteiger partial charge on any atom is 0.261 e. The van der Waals surface area contributed by atoms with E-state index in [9.17, 15) is 4.79 Å². The van der Waals surface area contributed by atoms with Crippen LogP contribution in [0, 0.1) is 5.92 Å². The van der Waals surface area contributed by atoms with Gasteiger partial charge in [0.2, 0.25) is 0 Å². The second kappa shape index (κ2) is 7.53. The van der Waals surface area contributed by atoms with Crippen LogP contribution in [0.4, 0.5) is 11.5 Å². The van der Waals surface area contributed by atoms with Crippen LogP contribution in [0.2, 0.25) is 0 Å². The van der Waals surface area contributed by atoms with Crippen LogP contribution in [-0.2, 0) is 4.74 Å². The van der Waals surface area contributed by atoms with Gasteiger partial charge in [0.15, 0.2) is 5.65 Å². The van der Waals surface area contributed by atoms with Crippen LogP contribution in [0.3, 0.4) is 0 Å². The first kappa shape index (κ1) is 16.5. The number of anilines is 2. The number of rotatable bonds is 5. The second-order valence-electron chi connectivity index (χ2n) is 6.40. The number of ether oxygens (including phenoxy) is 1. The Kier molecular flexibility index (Phi) is 4.79. The number of para-hydroxylation sites is 1. The average Bonchev–Trinajstić information content (AvgIpc) is 3.11.